The van der Waals surface area contributed by atoms with Crippen LogP contribution in [0.1, 0.15) is 31.4 Å². The molecule has 1 unspecified atom stereocenters. The smallest absolute Gasteiger partial charge is 0.264 e. The Morgan fingerprint density at radius 2 is 2.00 bits per heavy atom. The molecule has 1 atom stereocenters. The predicted molar refractivity (Wildman–Crippen MR) is 62.0 cm³/mol. The van der Waals surface area contributed by atoms with Crippen molar-refractivity contribution in [2.24, 2.45) is 5.92 Å². The quantitative estimate of drug-likeness (QED) is 0.740. The number of hydrogen-bond acceptors (Lipinski definition) is 1. The third-order valence-electron chi connectivity index (χ3n) is 2.62. The van der Waals surface area contributed by atoms with Gasteiger partial charge in [0.1, 0.15) is 0 Å². The van der Waals surface area contributed by atoms with Crippen molar-refractivity contribution in [3.8, 4) is 0 Å². The van der Waals surface area contributed by atoms with E-state index in [-0.39, 0.29) is 16.9 Å². The first-order valence-electron chi connectivity index (χ1n) is 5.46. The summed E-state index contributed by atoms with van der Waals surface area (Å²) in [7, 11) is 0. The molecule has 1 nitrogen and oxygen atoms in total. The molecule has 0 amide bonds. The Kier molecular flexibility index (Phi) is 4.80. The summed E-state index contributed by atoms with van der Waals surface area (Å²) in [5.41, 5.74) is -0.397. The first-order valence-corrected chi connectivity index (χ1v) is 5.90. The highest BCUT2D eigenvalue weighted by molar-refractivity contribution is 6.20. The van der Waals surface area contributed by atoms with E-state index in [0.717, 1.165) is 12.3 Å². The third-order valence-corrected chi connectivity index (χ3v) is 3.34. The van der Waals surface area contributed by atoms with Gasteiger partial charge < -0.3 is 0 Å². The van der Waals surface area contributed by atoms with Crippen LogP contribution in [0.4, 0.5) is 13.2 Å². The summed E-state index contributed by atoms with van der Waals surface area (Å²) in [5, 5.41) is -0.115. The molecule has 0 bridgehead atoms. The molecule has 1 heterocycles. The molecule has 0 saturated heterocycles. The van der Waals surface area contributed by atoms with Gasteiger partial charge in [0.05, 0.1) is 5.56 Å². The van der Waals surface area contributed by atoms with Crippen molar-refractivity contribution >= 4 is 11.6 Å². The maximum Gasteiger partial charge on any atom is 0.416 e. The highest BCUT2D eigenvalue weighted by atomic mass is 35.5. The number of hydrogen-bond donors (Lipinski definition) is 0. The van der Waals surface area contributed by atoms with E-state index in [9.17, 15) is 13.2 Å². The second-order valence-electron chi connectivity index (χ2n) is 4.33. The largest absolute Gasteiger partial charge is 0.416 e. The molecule has 0 aliphatic carbocycles. The summed E-state index contributed by atoms with van der Waals surface area (Å²) in [6, 6.07) is 1.01. The van der Waals surface area contributed by atoms with Crippen LogP contribution in [-0.4, -0.2) is 10.4 Å². The first-order chi connectivity index (χ1) is 7.82. The maximum atomic E-state index is 12.7. The fraction of sp³-hybridized carbons (Fsp3) is 0.583. The fourth-order valence-corrected chi connectivity index (χ4v) is 1.64. The minimum Gasteiger partial charge on any atom is -0.264 e. The van der Waals surface area contributed by atoms with E-state index in [1.165, 1.54) is 6.20 Å². The van der Waals surface area contributed by atoms with E-state index in [1.807, 2.05) is 13.8 Å². The van der Waals surface area contributed by atoms with Gasteiger partial charge in [-0.1, -0.05) is 13.8 Å². The molecule has 0 aliphatic rings. The van der Waals surface area contributed by atoms with Crippen LogP contribution in [0.5, 0.6) is 0 Å². The monoisotopic (exact) mass is 265 g/mol. The summed E-state index contributed by atoms with van der Waals surface area (Å²) in [4.78, 5) is 3.74. The zero-order valence-corrected chi connectivity index (χ0v) is 10.5. The number of pyridine rings is 1. The Hall–Kier alpha value is -0.770. The van der Waals surface area contributed by atoms with E-state index < -0.39 is 11.7 Å². The standard InChI is InChI=1S/C12H15ClF3N/c1-8(2)11(13)4-3-9-7-17-6-5-10(9)12(14,15)16/h5-8,11H,3-4H2,1-2H3. The van der Waals surface area contributed by atoms with Crippen LogP contribution in [0.25, 0.3) is 0 Å². The number of rotatable bonds is 4. The van der Waals surface area contributed by atoms with Gasteiger partial charge in [0.25, 0.3) is 0 Å². The lowest BCUT2D eigenvalue weighted by molar-refractivity contribution is -0.138. The fourth-order valence-electron chi connectivity index (χ4n) is 1.53. The van der Waals surface area contributed by atoms with Gasteiger partial charge in [-0.3, -0.25) is 4.98 Å². The molecule has 0 fully saturated rings. The molecule has 17 heavy (non-hydrogen) atoms. The number of alkyl halides is 4. The minimum atomic E-state index is -4.32. The van der Waals surface area contributed by atoms with E-state index in [4.69, 9.17) is 11.6 Å². The van der Waals surface area contributed by atoms with E-state index in [1.54, 1.807) is 0 Å². The van der Waals surface area contributed by atoms with Crippen molar-refractivity contribution in [1.29, 1.82) is 0 Å². The van der Waals surface area contributed by atoms with Crippen LogP contribution in [0.15, 0.2) is 18.5 Å². The zero-order chi connectivity index (χ0) is 13.1. The molecule has 0 aromatic carbocycles. The molecule has 1 rings (SSSR count). The molecular formula is C12H15ClF3N. The van der Waals surface area contributed by atoms with Crippen molar-refractivity contribution in [3.63, 3.8) is 0 Å². The van der Waals surface area contributed by atoms with E-state index >= 15 is 0 Å². The summed E-state index contributed by atoms with van der Waals surface area (Å²) in [6.45, 7) is 3.90. The second kappa shape index (κ2) is 5.71. The number of nitrogens with zero attached hydrogens (tertiary/aromatic N) is 1. The molecule has 5 heteroatoms. The summed E-state index contributed by atoms with van der Waals surface area (Å²) >= 11 is 6.03. The topological polar surface area (TPSA) is 12.9 Å². The van der Waals surface area contributed by atoms with Crippen molar-refractivity contribution in [2.45, 2.75) is 38.2 Å². The highest BCUT2D eigenvalue weighted by Gasteiger charge is 2.33. The molecule has 96 valence electrons. The number of aryl methyl sites for hydroxylation is 1. The predicted octanol–water partition coefficient (Wildman–Crippen LogP) is 4.30. The number of halogens is 4. The Morgan fingerprint density at radius 3 is 2.53 bits per heavy atom. The first kappa shape index (κ1) is 14.3. The van der Waals surface area contributed by atoms with Gasteiger partial charge in [0.15, 0.2) is 0 Å². The SMILES string of the molecule is CC(C)C(Cl)CCc1cnccc1C(F)(F)F. The lowest BCUT2D eigenvalue weighted by Gasteiger charge is -2.15. The molecule has 0 spiro atoms. The molecule has 0 N–H and O–H groups in total. The molecule has 1 aromatic heterocycles. The Labute approximate surface area is 104 Å². The maximum absolute atomic E-state index is 12.7. The summed E-state index contributed by atoms with van der Waals surface area (Å²) < 4.78 is 38.0. The van der Waals surface area contributed by atoms with E-state index in [0.29, 0.717) is 12.8 Å². The van der Waals surface area contributed by atoms with E-state index in [2.05, 4.69) is 4.98 Å². The zero-order valence-electron chi connectivity index (χ0n) is 9.76. The number of aromatic nitrogens is 1. The Bertz CT molecular complexity index is 363. The van der Waals surface area contributed by atoms with Gasteiger partial charge in [-0.25, -0.2) is 0 Å². The molecule has 0 radical (unpaired) electrons. The van der Waals surface area contributed by atoms with Gasteiger partial charge in [0.2, 0.25) is 0 Å². The van der Waals surface area contributed by atoms with Crippen molar-refractivity contribution < 1.29 is 13.2 Å². The van der Waals surface area contributed by atoms with Crippen LogP contribution in [0.3, 0.4) is 0 Å². The lowest BCUT2D eigenvalue weighted by atomic mass is 10.00. The van der Waals surface area contributed by atoms with Crippen molar-refractivity contribution in [2.75, 3.05) is 0 Å². The van der Waals surface area contributed by atoms with Gasteiger partial charge in [0, 0.05) is 17.8 Å². The van der Waals surface area contributed by atoms with Crippen molar-refractivity contribution in [1.82, 2.24) is 4.98 Å². The lowest BCUT2D eigenvalue weighted by Crippen LogP contribution is -2.13. The van der Waals surface area contributed by atoms with Crippen LogP contribution in [-0.2, 0) is 12.6 Å². The van der Waals surface area contributed by atoms with Gasteiger partial charge in [-0.2, -0.15) is 13.2 Å². The molecule has 1 aromatic rings. The highest BCUT2D eigenvalue weighted by Crippen LogP contribution is 2.32. The minimum absolute atomic E-state index is 0.115. The normalized spacial score (nSPS) is 14.1. The van der Waals surface area contributed by atoms with Gasteiger partial charge in [-0.15, -0.1) is 11.6 Å². The molecule has 0 saturated carbocycles. The van der Waals surface area contributed by atoms with Crippen LogP contribution in [0.2, 0.25) is 0 Å². The Balaban J connectivity index is 2.78. The van der Waals surface area contributed by atoms with Crippen LogP contribution in [0, 0.1) is 5.92 Å². The average Bonchev–Trinajstić information content (AvgIpc) is 2.24. The third kappa shape index (κ3) is 4.19. The Morgan fingerprint density at radius 1 is 1.35 bits per heavy atom. The van der Waals surface area contributed by atoms with Crippen LogP contribution < -0.4 is 0 Å². The van der Waals surface area contributed by atoms with Crippen LogP contribution >= 0.6 is 11.6 Å². The van der Waals surface area contributed by atoms with Gasteiger partial charge in [-0.05, 0) is 30.4 Å². The average molecular weight is 266 g/mol. The summed E-state index contributed by atoms with van der Waals surface area (Å²) in [5.74, 6) is 0.252. The second-order valence-corrected chi connectivity index (χ2v) is 4.89. The van der Waals surface area contributed by atoms with Crippen molar-refractivity contribution in [3.05, 3.63) is 29.6 Å². The van der Waals surface area contributed by atoms with Gasteiger partial charge >= 0.3 is 6.18 Å². The molecular weight excluding hydrogens is 251 g/mol. The summed E-state index contributed by atoms with van der Waals surface area (Å²) in [6.07, 6.45) is -1.07. The molecule has 0 aliphatic heterocycles.